The zero-order valence-corrected chi connectivity index (χ0v) is 19.1. The lowest BCUT2D eigenvalue weighted by Gasteiger charge is -2.20. The summed E-state index contributed by atoms with van der Waals surface area (Å²) in [6, 6.07) is 5.02. The van der Waals surface area contributed by atoms with Crippen molar-refractivity contribution in [3.05, 3.63) is 35.5 Å². The smallest absolute Gasteiger partial charge is 0.243 e. The van der Waals surface area contributed by atoms with Crippen LogP contribution in [0.25, 0.3) is 0 Å². The molecule has 2 heterocycles. The zero-order valence-electron chi connectivity index (χ0n) is 18.3. The van der Waals surface area contributed by atoms with Crippen LogP contribution in [0.15, 0.2) is 27.6 Å². The SMILES string of the molecule is CCN(CC)S(=O)(=O)c1ccc2c(c1)CCN2C(=O)CCc1nc(C(C)(C)C)no1. The van der Waals surface area contributed by atoms with E-state index in [4.69, 9.17) is 4.52 Å². The molecule has 1 amide bonds. The summed E-state index contributed by atoms with van der Waals surface area (Å²) in [4.78, 5) is 19.1. The highest BCUT2D eigenvalue weighted by Crippen LogP contribution is 2.31. The fourth-order valence-corrected chi connectivity index (χ4v) is 5.03. The van der Waals surface area contributed by atoms with E-state index in [2.05, 4.69) is 10.1 Å². The normalized spacial score (nSPS) is 14.4. The number of anilines is 1. The van der Waals surface area contributed by atoms with Gasteiger partial charge in [-0.1, -0.05) is 39.8 Å². The summed E-state index contributed by atoms with van der Waals surface area (Å²) in [7, 11) is -3.51. The summed E-state index contributed by atoms with van der Waals surface area (Å²) in [5.74, 6) is 1.04. The molecule has 1 aromatic heterocycles. The fourth-order valence-electron chi connectivity index (χ4n) is 3.52. The van der Waals surface area contributed by atoms with Gasteiger partial charge in [0.15, 0.2) is 5.82 Å². The highest BCUT2D eigenvalue weighted by Gasteiger charge is 2.29. The van der Waals surface area contributed by atoms with Crippen LogP contribution in [0.3, 0.4) is 0 Å². The van der Waals surface area contributed by atoms with Gasteiger partial charge in [-0.05, 0) is 30.2 Å². The van der Waals surface area contributed by atoms with Crippen molar-refractivity contribution in [1.82, 2.24) is 14.4 Å². The maximum absolute atomic E-state index is 12.8. The Morgan fingerprint density at radius 3 is 2.53 bits per heavy atom. The molecule has 1 aromatic carbocycles. The van der Waals surface area contributed by atoms with Gasteiger partial charge >= 0.3 is 0 Å². The second-order valence-electron chi connectivity index (χ2n) is 8.44. The van der Waals surface area contributed by atoms with Gasteiger partial charge in [-0.3, -0.25) is 4.79 Å². The Hall–Kier alpha value is -2.26. The summed E-state index contributed by atoms with van der Waals surface area (Å²) in [6.07, 6.45) is 1.27. The van der Waals surface area contributed by atoms with E-state index in [0.717, 1.165) is 11.3 Å². The van der Waals surface area contributed by atoms with Crippen molar-refractivity contribution in [3.8, 4) is 0 Å². The fraction of sp³-hybridized carbons (Fsp3) is 0.571. The maximum atomic E-state index is 12.8. The third-order valence-electron chi connectivity index (χ3n) is 5.28. The van der Waals surface area contributed by atoms with E-state index < -0.39 is 10.0 Å². The number of amides is 1. The number of aryl methyl sites for hydroxylation is 1. The van der Waals surface area contributed by atoms with Crippen molar-refractivity contribution in [2.24, 2.45) is 0 Å². The number of fused-ring (bicyclic) bond motifs is 1. The van der Waals surface area contributed by atoms with Crippen molar-refractivity contribution >= 4 is 21.6 Å². The van der Waals surface area contributed by atoms with Crippen LogP contribution >= 0.6 is 0 Å². The number of carbonyl (C=O) groups excluding carboxylic acids is 1. The number of rotatable bonds is 7. The van der Waals surface area contributed by atoms with Crippen LogP contribution in [0.4, 0.5) is 5.69 Å². The molecule has 0 bridgehead atoms. The summed E-state index contributed by atoms with van der Waals surface area (Å²) in [6.45, 7) is 11.0. The molecule has 1 aliphatic rings. The van der Waals surface area contributed by atoms with Crippen LogP contribution in [0.5, 0.6) is 0 Å². The highest BCUT2D eigenvalue weighted by atomic mass is 32.2. The number of carbonyl (C=O) groups is 1. The molecule has 0 N–H and O–H groups in total. The largest absolute Gasteiger partial charge is 0.339 e. The lowest BCUT2D eigenvalue weighted by molar-refractivity contribution is -0.118. The van der Waals surface area contributed by atoms with Crippen LogP contribution in [0.2, 0.25) is 0 Å². The minimum atomic E-state index is -3.51. The van der Waals surface area contributed by atoms with Gasteiger partial charge in [0.25, 0.3) is 0 Å². The van der Waals surface area contributed by atoms with Gasteiger partial charge in [0.05, 0.1) is 4.90 Å². The first kappa shape index (κ1) is 22.4. The van der Waals surface area contributed by atoms with Crippen molar-refractivity contribution < 1.29 is 17.7 Å². The summed E-state index contributed by atoms with van der Waals surface area (Å²) in [5, 5.41) is 3.99. The van der Waals surface area contributed by atoms with Gasteiger partial charge in [-0.15, -0.1) is 0 Å². The van der Waals surface area contributed by atoms with E-state index in [9.17, 15) is 13.2 Å². The average Bonchev–Trinajstić information content (AvgIpc) is 3.33. The molecule has 0 fully saturated rings. The predicted octanol–water partition coefficient (Wildman–Crippen LogP) is 2.92. The van der Waals surface area contributed by atoms with Crippen molar-refractivity contribution in [2.45, 2.75) is 64.2 Å². The first-order valence-electron chi connectivity index (χ1n) is 10.3. The van der Waals surface area contributed by atoms with Crippen molar-refractivity contribution in [2.75, 3.05) is 24.5 Å². The molecule has 0 spiro atoms. The number of hydrogen-bond donors (Lipinski definition) is 0. The Kier molecular flexibility index (Phi) is 6.33. The van der Waals surface area contributed by atoms with Gasteiger partial charge in [0.1, 0.15) is 0 Å². The van der Waals surface area contributed by atoms with Gasteiger partial charge in [0.2, 0.25) is 21.8 Å². The number of hydrogen-bond acceptors (Lipinski definition) is 6. The highest BCUT2D eigenvalue weighted by molar-refractivity contribution is 7.89. The molecule has 0 atom stereocenters. The molecule has 1 aliphatic heterocycles. The zero-order chi connectivity index (χ0) is 22.1. The van der Waals surface area contributed by atoms with Crippen LogP contribution in [-0.2, 0) is 33.1 Å². The first-order chi connectivity index (χ1) is 14.1. The molecule has 3 rings (SSSR count). The quantitative estimate of drug-likeness (QED) is 0.665. The average molecular weight is 435 g/mol. The van der Waals surface area contributed by atoms with Crippen LogP contribution in [0, 0.1) is 0 Å². The molecule has 0 aliphatic carbocycles. The van der Waals surface area contributed by atoms with Gasteiger partial charge in [0, 0.05) is 43.6 Å². The molecule has 0 saturated heterocycles. The molecular formula is C21H30N4O4S. The molecule has 164 valence electrons. The summed E-state index contributed by atoms with van der Waals surface area (Å²) in [5.41, 5.74) is 1.45. The Balaban J connectivity index is 1.71. The standard InChI is InChI=1S/C21H30N4O4S/c1-6-24(7-2)30(27,28)16-8-9-17-15(14-16)12-13-25(17)19(26)11-10-18-22-20(23-29-18)21(3,4)5/h8-9,14H,6-7,10-13H2,1-5H3. The number of nitrogens with zero attached hydrogens (tertiary/aromatic N) is 4. The van der Waals surface area contributed by atoms with Crippen molar-refractivity contribution in [1.29, 1.82) is 0 Å². The Labute approximate surface area is 178 Å². The van der Waals surface area contributed by atoms with Crippen LogP contribution < -0.4 is 4.90 Å². The number of sulfonamides is 1. The van der Waals surface area contributed by atoms with E-state index in [1.165, 1.54) is 4.31 Å². The first-order valence-corrected chi connectivity index (χ1v) is 11.8. The molecule has 9 heteroatoms. The molecule has 0 saturated carbocycles. The molecule has 30 heavy (non-hydrogen) atoms. The predicted molar refractivity (Wildman–Crippen MR) is 114 cm³/mol. The summed E-state index contributed by atoms with van der Waals surface area (Å²) >= 11 is 0. The Bertz CT molecular complexity index is 1020. The van der Waals surface area contributed by atoms with Gasteiger partial charge < -0.3 is 9.42 Å². The lowest BCUT2D eigenvalue weighted by Crippen LogP contribution is -2.31. The van der Waals surface area contributed by atoms with Crippen molar-refractivity contribution in [3.63, 3.8) is 0 Å². The van der Waals surface area contributed by atoms with Gasteiger partial charge in [-0.2, -0.15) is 9.29 Å². The number of benzene rings is 1. The van der Waals surface area contributed by atoms with Gasteiger partial charge in [-0.25, -0.2) is 8.42 Å². The monoisotopic (exact) mass is 434 g/mol. The van der Waals surface area contributed by atoms with Crippen LogP contribution in [-0.4, -0.2) is 48.4 Å². The minimum absolute atomic E-state index is 0.0383. The molecule has 0 unspecified atom stereocenters. The lowest BCUT2D eigenvalue weighted by atomic mass is 9.96. The molecule has 8 nitrogen and oxygen atoms in total. The van der Waals surface area contributed by atoms with E-state index in [0.29, 0.717) is 44.2 Å². The Morgan fingerprint density at radius 2 is 1.93 bits per heavy atom. The third kappa shape index (κ3) is 4.41. The summed E-state index contributed by atoms with van der Waals surface area (Å²) < 4.78 is 32.2. The third-order valence-corrected chi connectivity index (χ3v) is 7.33. The maximum Gasteiger partial charge on any atom is 0.243 e. The molecule has 0 radical (unpaired) electrons. The van der Waals surface area contributed by atoms with E-state index in [1.807, 2.05) is 34.6 Å². The second-order valence-corrected chi connectivity index (χ2v) is 10.4. The van der Waals surface area contributed by atoms with E-state index in [-0.39, 0.29) is 22.6 Å². The van der Waals surface area contributed by atoms with E-state index in [1.54, 1.807) is 23.1 Å². The van der Waals surface area contributed by atoms with E-state index >= 15 is 0 Å². The Morgan fingerprint density at radius 1 is 1.23 bits per heavy atom. The molecular weight excluding hydrogens is 404 g/mol. The number of aromatic nitrogens is 2. The van der Waals surface area contributed by atoms with Crippen LogP contribution in [0.1, 0.15) is 58.3 Å². The second kappa shape index (κ2) is 8.47. The molecule has 2 aromatic rings. The topological polar surface area (TPSA) is 96.6 Å². The minimum Gasteiger partial charge on any atom is -0.339 e.